The molecular formula is C11H9ClF4O. The van der Waals surface area contributed by atoms with Gasteiger partial charge in [0.15, 0.2) is 5.78 Å². The van der Waals surface area contributed by atoms with Gasteiger partial charge in [0.05, 0.1) is 0 Å². The molecule has 0 saturated heterocycles. The second kappa shape index (κ2) is 5.49. The van der Waals surface area contributed by atoms with Crippen molar-refractivity contribution in [1.82, 2.24) is 0 Å². The fraction of sp³-hybridized carbons (Fsp3) is 0.364. The molecule has 0 spiro atoms. The van der Waals surface area contributed by atoms with Gasteiger partial charge < -0.3 is 0 Å². The summed E-state index contributed by atoms with van der Waals surface area (Å²) in [7, 11) is 0. The minimum absolute atomic E-state index is 0.480. The van der Waals surface area contributed by atoms with Crippen molar-refractivity contribution in [3.8, 4) is 0 Å². The second-order valence-electron chi connectivity index (χ2n) is 3.42. The molecule has 94 valence electrons. The first kappa shape index (κ1) is 14.0. The monoisotopic (exact) mass is 268 g/mol. The van der Waals surface area contributed by atoms with E-state index in [1.54, 1.807) is 0 Å². The Morgan fingerprint density at radius 2 is 1.53 bits per heavy atom. The smallest absolute Gasteiger partial charge is 0.264 e. The predicted molar refractivity (Wildman–Crippen MR) is 55.6 cm³/mol. The van der Waals surface area contributed by atoms with Gasteiger partial charge in [-0.15, -0.1) is 11.6 Å². The Hall–Kier alpha value is -1.10. The SMILES string of the molecule is CC(=O)C(Cl)c1c(C(F)F)cccc1C(F)F. The van der Waals surface area contributed by atoms with Crippen LogP contribution in [0.2, 0.25) is 0 Å². The van der Waals surface area contributed by atoms with Gasteiger partial charge in [-0.25, -0.2) is 17.6 Å². The average molecular weight is 269 g/mol. The molecule has 0 heterocycles. The van der Waals surface area contributed by atoms with Crippen LogP contribution in [0.4, 0.5) is 17.6 Å². The first-order chi connectivity index (χ1) is 7.86. The zero-order valence-corrected chi connectivity index (χ0v) is 9.52. The fourth-order valence-electron chi connectivity index (χ4n) is 1.48. The van der Waals surface area contributed by atoms with E-state index in [4.69, 9.17) is 11.6 Å². The molecule has 1 rings (SSSR count). The molecule has 1 atom stereocenters. The molecule has 0 aliphatic heterocycles. The van der Waals surface area contributed by atoms with Gasteiger partial charge in [-0.3, -0.25) is 4.79 Å². The highest BCUT2D eigenvalue weighted by atomic mass is 35.5. The number of ketones is 1. The molecule has 0 aliphatic rings. The van der Waals surface area contributed by atoms with Gasteiger partial charge in [-0.2, -0.15) is 0 Å². The summed E-state index contributed by atoms with van der Waals surface area (Å²) in [4.78, 5) is 11.1. The van der Waals surface area contributed by atoms with Crippen LogP contribution in [-0.2, 0) is 4.79 Å². The van der Waals surface area contributed by atoms with Crippen molar-refractivity contribution in [3.05, 3.63) is 34.9 Å². The van der Waals surface area contributed by atoms with Crippen LogP contribution in [-0.4, -0.2) is 5.78 Å². The maximum atomic E-state index is 12.7. The Balaban J connectivity index is 3.43. The number of carbonyl (C=O) groups excluding carboxylic acids is 1. The Morgan fingerprint density at radius 3 is 1.82 bits per heavy atom. The third-order valence-electron chi connectivity index (χ3n) is 2.25. The molecule has 1 aromatic carbocycles. The minimum atomic E-state index is -2.95. The van der Waals surface area contributed by atoms with Crippen LogP contribution >= 0.6 is 11.6 Å². The summed E-state index contributed by atoms with van der Waals surface area (Å²) >= 11 is 5.62. The Bertz CT molecular complexity index is 394. The highest BCUT2D eigenvalue weighted by Crippen LogP contribution is 2.37. The normalized spacial score (nSPS) is 13.2. The van der Waals surface area contributed by atoms with E-state index < -0.39 is 40.7 Å². The van der Waals surface area contributed by atoms with E-state index >= 15 is 0 Å². The number of hydrogen-bond acceptors (Lipinski definition) is 1. The average Bonchev–Trinajstić information content (AvgIpc) is 2.26. The third kappa shape index (κ3) is 2.97. The quantitative estimate of drug-likeness (QED) is 0.583. The second-order valence-corrected chi connectivity index (χ2v) is 3.86. The molecule has 0 bridgehead atoms. The van der Waals surface area contributed by atoms with Crippen molar-refractivity contribution in [3.63, 3.8) is 0 Å². The molecule has 0 N–H and O–H groups in total. The first-order valence-electron chi connectivity index (χ1n) is 4.69. The molecule has 0 amide bonds. The van der Waals surface area contributed by atoms with Gasteiger partial charge in [0, 0.05) is 11.1 Å². The largest absolute Gasteiger partial charge is 0.298 e. The van der Waals surface area contributed by atoms with E-state index in [9.17, 15) is 22.4 Å². The highest BCUT2D eigenvalue weighted by molar-refractivity contribution is 6.31. The maximum Gasteiger partial charge on any atom is 0.264 e. The standard InChI is InChI=1S/C11H9ClF4O/c1-5(17)9(12)8-6(10(13)14)3-2-4-7(8)11(15)16/h2-4,9-11H,1H3. The number of rotatable bonds is 4. The summed E-state index contributed by atoms with van der Waals surface area (Å²) in [5.74, 6) is -0.651. The van der Waals surface area contributed by atoms with Crippen LogP contribution in [0.15, 0.2) is 18.2 Å². The summed E-state index contributed by atoms with van der Waals surface area (Å²) in [5.41, 5.74) is -1.73. The number of Topliss-reactive ketones (excluding diaryl/α,β-unsaturated/α-hetero) is 1. The van der Waals surface area contributed by atoms with Crippen LogP contribution in [0, 0.1) is 0 Å². The molecule has 0 saturated carbocycles. The molecule has 1 aromatic rings. The summed E-state index contributed by atoms with van der Waals surface area (Å²) in [5, 5.41) is -1.48. The van der Waals surface area contributed by atoms with Gasteiger partial charge in [0.25, 0.3) is 12.9 Å². The summed E-state index contributed by atoms with van der Waals surface area (Å²) in [6, 6.07) is 3.07. The lowest BCUT2D eigenvalue weighted by Gasteiger charge is -2.16. The zero-order valence-electron chi connectivity index (χ0n) is 8.76. The van der Waals surface area contributed by atoms with Crippen LogP contribution in [0.1, 0.15) is 41.8 Å². The van der Waals surface area contributed by atoms with Gasteiger partial charge in [-0.05, 0) is 12.5 Å². The highest BCUT2D eigenvalue weighted by Gasteiger charge is 2.27. The maximum absolute atomic E-state index is 12.7. The van der Waals surface area contributed by atoms with Crippen molar-refractivity contribution in [2.45, 2.75) is 25.2 Å². The van der Waals surface area contributed by atoms with Crippen LogP contribution in [0.25, 0.3) is 0 Å². The van der Waals surface area contributed by atoms with Gasteiger partial charge in [0.1, 0.15) is 5.38 Å². The minimum Gasteiger partial charge on any atom is -0.298 e. The molecule has 17 heavy (non-hydrogen) atoms. The third-order valence-corrected chi connectivity index (χ3v) is 2.78. The molecular weight excluding hydrogens is 260 g/mol. The van der Waals surface area contributed by atoms with Crippen LogP contribution in [0.3, 0.4) is 0 Å². The lowest BCUT2D eigenvalue weighted by Crippen LogP contribution is -2.09. The molecule has 0 aliphatic carbocycles. The zero-order chi connectivity index (χ0) is 13.2. The topological polar surface area (TPSA) is 17.1 Å². The lowest BCUT2D eigenvalue weighted by molar-refractivity contribution is -0.116. The molecule has 0 radical (unpaired) electrons. The van der Waals surface area contributed by atoms with E-state index in [1.807, 2.05) is 0 Å². The van der Waals surface area contributed by atoms with Crippen molar-refractivity contribution < 1.29 is 22.4 Å². The van der Waals surface area contributed by atoms with E-state index in [2.05, 4.69) is 0 Å². The van der Waals surface area contributed by atoms with Gasteiger partial charge >= 0.3 is 0 Å². The number of carbonyl (C=O) groups is 1. The summed E-state index contributed by atoms with van der Waals surface area (Å²) < 4.78 is 50.7. The fourth-order valence-corrected chi connectivity index (χ4v) is 1.73. The van der Waals surface area contributed by atoms with Crippen LogP contribution in [0.5, 0.6) is 0 Å². The number of halogens is 5. The van der Waals surface area contributed by atoms with E-state index in [-0.39, 0.29) is 0 Å². The van der Waals surface area contributed by atoms with Crippen molar-refractivity contribution in [1.29, 1.82) is 0 Å². The van der Waals surface area contributed by atoms with Gasteiger partial charge in [0.2, 0.25) is 0 Å². The van der Waals surface area contributed by atoms with Crippen molar-refractivity contribution in [2.24, 2.45) is 0 Å². The Kier molecular flexibility index (Phi) is 4.51. The molecule has 0 aromatic heterocycles. The van der Waals surface area contributed by atoms with Gasteiger partial charge in [-0.1, -0.05) is 18.2 Å². The summed E-state index contributed by atoms with van der Waals surface area (Å²) in [6.45, 7) is 1.06. The first-order valence-corrected chi connectivity index (χ1v) is 5.13. The van der Waals surface area contributed by atoms with E-state index in [0.717, 1.165) is 25.1 Å². The number of benzene rings is 1. The molecule has 6 heteroatoms. The van der Waals surface area contributed by atoms with E-state index in [1.165, 1.54) is 0 Å². The molecule has 1 nitrogen and oxygen atoms in total. The Morgan fingerprint density at radius 1 is 1.12 bits per heavy atom. The summed E-state index contributed by atoms with van der Waals surface area (Å²) in [6.07, 6.45) is -5.91. The lowest BCUT2D eigenvalue weighted by atomic mass is 9.96. The number of hydrogen-bond donors (Lipinski definition) is 0. The number of alkyl halides is 5. The van der Waals surface area contributed by atoms with Crippen LogP contribution < -0.4 is 0 Å². The Labute approximate surface area is 100 Å². The van der Waals surface area contributed by atoms with Crippen molar-refractivity contribution in [2.75, 3.05) is 0 Å². The molecule has 1 unspecified atom stereocenters. The van der Waals surface area contributed by atoms with E-state index in [0.29, 0.717) is 0 Å². The van der Waals surface area contributed by atoms with Crippen molar-refractivity contribution >= 4 is 17.4 Å². The predicted octanol–water partition coefficient (Wildman–Crippen LogP) is 4.43. The molecule has 0 fully saturated rings.